The van der Waals surface area contributed by atoms with Crippen molar-refractivity contribution in [3.63, 3.8) is 0 Å². The van der Waals surface area contributed by atoms with Crippen LogP contribution < -0.4 is 10.7 Å². The SMILES string of the molecule is CN(Cc1cc(=O)c2cccc(F)c2[nH]1)C1CCNCC1.Cl.Cl. The second kappa shape index (κ2) is 8.64. The van der Waals surface area contributed by atoms with E-state index >= 15 is 0 Å². The highest BCUT2D eigenvalue weighted by molar-refractivity contribution is 5.85. The summed E-state index contributed by atoms with van der Waals surface area (Å²) in [6.45, 7) is 2.68. The van der Waals surface area contributed by atoms with Gasteiger partial charge in [-0.2, -0.15) is 0 Å². The zero-order valence-electron chi connectivity index (χ0n) is 13.0. The molecule has 1 aromatic carbocycles. The number of halogens is 3. The monoisotopic (exact) mass is 361 g/mol. The average molecular weight is 362 g/mol. The van der Waals surface area contributed by atoms with Crippen LogP contribution in [0.25, 0.3) is 10.9 Å². The van der Waals surface area contributed by atoms with E-state index < -0.39 is 0 Å². The number of pyridine rings is 1. The van der Waals surface area contributed by atoms with Crippen molar-refractivity contribution < 1.29 is 4.39 Å². The van der Waals surface area contributed by atoms with E-state index in [0.717, 1.165) is 31.6 Å². The molecule has 0 unspecified atom stereocenters. The number of hydrogen-bond acceptors (Lipinski definition) is 3. The topological polar surface area (TPSA) is 48.1 Å². The summed E-state index contributed by atoms with van der Waals surface area (Å²) in [4.78, 5) is 17.4. The van der Waals surface area contributed by atoms with Crippen LogP contribution in [-0.4, -0.2) is 36.1 Å². The maximum atomic E-state index is 13.8. The first kappa shape index (κ1) is 19.9. The molecule has 1 aliphatic rings. The van der Waals surface area contributed by atoms with Gasteiger partial charge in [0.05, 0.1) is 5.52 Å². The summed E-state index contributed by atoms with van der Waals surface area (Å²) in [5, 5.41) is 3.75. The summed E-state index contributed by atoms with van der Waals surface area (Å²) in [5.74, 6) is -0.379. The van der Waals surface area contributed by atoms with E-state index in [1.165, 1.54) is 6.07 Å². The normalized spacial score (nSPS) is 15.3. The van der Waals surface area contributed by atoms with Gasteiger partial charge in [-0.15, -0.1) is 24.8 Å². The third-order valence-electron chi connectivity index (χ3n) is 4.22. The van der Waals surface area contributed by atoms with Gasteiger partial charge >= 0.3 is 0 Å². The zero-order chi connectivity index (χ0) is 14.8. The van der Waals surface area contributed by atoms with Crippen molar-refractivity contribution in [2.24, 2.45) is 0 Å². The number of nitrogens with one attached hydrogen (secondary N) is 2. The van der Waals surface area contributed by atoms with Gasteiger partial charge in [-0.3, -0.25) is 9.69 Å². The lowest BCUT2D eigenvalue weighted by atomic mass is 10.1. The Hall–Kier alpha value is -1.14. The van der Waals surface area contributed by atoms with Crippen molar-refractivity contribution in [3.8, 4) is 0 Å². The Morgan fingerprint density at radius 3 is 2.65 bits per heavy atom. The molecule has 0 atom stereocenters. The van der Waals surface area contributed by atoms with Gasteiger partial charge in [0.15, 0.2) is 5.43 Å². The second-order valence-electron chi connectivity index (χ2n) is 5.72. The lowest BCUT2D eigenvalue weighted by Gasteiger charge is -2.31. The minimum Gasteiger partial charge on any atom is -0.355 e. The first-order valence-electron chi connectivity index (χ1n) is 7.36. The van der Waals surface area contributed by atoms with Crippen LogP contribution in [-0.2, 0) is 6.54 Å². The molecule has 1 aliphatic heterocycles. The second-order valence-corrected chi connectivity index (χ2v) is 5.72. The predicted molar refractivity (Wildman–Crippen MR) is 96.4 cm³/mol. The van der Waals surface area contributed by atoms with Crippen LogP contribution >= 0.6 is 24.8 Å². The van der Waals surface area contributed by atoms with Crippen molar-refractivity contribution in [2.45, 2.75) is 25.4 Å². The molecule has 128 valence electrons. The number of aromatic nitrogens is 1. The van der Waals surface area contributed by atoms with E-state index in [9.17, 15) is 9.18 Å². The highest BCUT2D eigenvalue weighted by Gasteiger charge is 2.18. The summed E-state index contributed by atoms with van der Waals surface area (Å²) in [6, 6.07) is 6.68. The molecule has 3 rings (SSSR count). The quantitative estimate of drug-likeness (QED) is 0.883. The third-order valence-corrected chi connectivity index (χ3v) is 4.22. The van der Waals surface area contributed by atoms with Gasteiger partial charge in [0.2, 0.25) is 0 Å². The number of hydrogen-bond donors (Lipinski definition) is 2. The van der Waals surface area contributed by atoms with E-state index in [1.807, 2.05) is 0 Å². The largest absolute Gasteiger partial charge is 0.355 e. The van der Waals surface area contributed by atoms with Crippen molar-refractivity contribution in [3.05, 3.63) is 46.0 Å². The number of rotatable bonds is 3. The molecule has 4 nitrogen and oxygen atoms in total. The number of piperidine rings is 1. The van der Waals surface area contributed by atoms with Crippen molar-refractivity contribution in [1.29, 1.82) is 0 Å². The van der Waals surface area contributed by atoms with Gasteiger partial charge < -0.3 is 10.3 Å². The fourth-order valence-corrected chi connectivity index (χ4v) is 3.02. The Morgan fingerprint density at radius 1 is 1.26 bits per heavy atom. The molecule has 0 radical (unpaired) electrons. The summed E-state index contributed by atoms with van der Waals surface area (Å²) in [6.07, 6.45) is 2.20. The van der Waals surface area contributed by atoms with Crippen molar-refractivity contribution in [1.82, 2.24) is 15.2 Å². The van der Waals surface area contributed by atoms with E-state index in [-0.39, 0.29) is 36.1 Å². The molecule has 0 spiro atoms. The molecule has 2 heterocycles. The predicted octanol–water partition coefficient (Wildman–Crippen LogP) is 2.69. The number of nitrogens with zero attached hydrogens (tertiary/aromatic N) is 1. The van der Waals surface area contributed by atoms with Crippen LogP contribution in [0.1, 0.15) is 18.5 Å². The summed E-state index contributed by atoms with van der Waals surface area (Å²) < 4.78 is 13.8. The number of aromatic amines is 1. The first-order valence-corrected chi connectivity index (χ1v) is 7.36. The molecule has 2 N–H and O–H groups in total. The Balaban J connectivity index is 0.00000132. The molecule has 1 saturated heterocycles. The third kappa shape index (κ3) is 4.44. The maximum Gasteiger partial charge on any atom is 0.189 e. The van der Waals surface area contributed by atoms with Crippen molar-refractivity contribution >= 4 is 35.7 Å². The molecule has 1 fully saturated rings. The Bertz CT molecular complexity index is 701. The fraction of sp³-hybridized carbons (Fsp3) is 0.438. The number of fused-ring (bicyclic) bond motifs is 1. The Kier molecular flexibility index (Phi) is 7.48. The minimum atomic E-state index is -0.379. The Morgan fingerprint density at radius 2 is 1.96 bits per heavy atom. The van der Waals surface area contributed by atoms with Gasteiger partial charge in [0.1, 0.15) is 5.82 Å². The van der Waals surface area contributed by atoms with E-state index in [1.54, 1.807) is 18.2 Å². The molecule has 7 heteroatoms. The van der Waals surface area contributed by atoms with Gasteiger partial charge in [-0.1, -0.05) is 6.07 Å². The highest BCUT2D eigenvalue weighted by Crippen LogP contribution is 2.15. The molecule has 0 bridgehead atoms. The van der Waals surface area contributed by atoms with E-state index in [0.29, 0.717) is 23.5 Å². The van der Waals surface area contributed by atoms with Crippen LogP contribution in [0.5, 0.6) is 0 Å². The lowest BCUT2D eigenvalue weighted by molar-refractivity contribution is 0.190. The Labute approximate surface area is 147 Å². The van der Waals surface area contributed by atoms with Crippen LogP contribution in [0.15, 0.2) is 29.1 Å². The standard InChI is InChI=1S/C16H20FN3O.2ClH/c1-20(12-5-7-18-8-6-12)10-11-9-15(21)13-3-2-4-14(17)16(13)19-11;;/h2-4,9,12,18H,5-8,10H2,1H3,(H,19,21);2*1H. The summed E-state index contributed by atoms with van der Waals surface area (Å²) >= 11 is 0. The van der Waals surface area contributed by atoms with Gasteiger partial charge in [-0.25, -0.2) is 4.39 Å². The zero-order valence-corrected chi connectivity index (χ0v) is 14.6. The summed E-state index contributed by atoms with van der Waals surface area (Å²) in [7, 11) is 2.06. The molecular weight excluding hydrogens is 340 g/mol. The van der Waals surface area contributed by atoms with Gasteiger partial charge in [-0.05, 0) is 45.1 Å². The van der Waals surface area contributed by atoms with Crippen LogP contribution in [0, 0.1) is 5.82 Å². The first-order chi connectivity index (χ1) is 10.1. The number of H-pyrrole nitrogens is 1. The molecule has 23 heavy (non-hydrogen) atoms. The van der Waals surface area contributed by atoms with E-state index in [4.69, 9.17) is 0 Å². The minimum absolute atomic E-state index is 0. The maximum absolute atomic E-state index is 13.8. The lowest BCUT2D eigenvalue weighted by Crippen LogP contribution is -2.40. The summed E-state index contributed by atoms with van der Waals surface area (Å²) in [5.41, 5.74) is 0.939. The van der Waals surface area contributed by atoms with Crippen LogP contribution in [0.2, 0.25) is 0 Å². The molecule has 0 amide bonds. The van der Waals surface area contributed by atoms with Crippen molar-refractivity contribution in [2.75, 3.05) is 20.1 Å². The highest BCUT2D eigenvalue weighted by atomic mass is 35.5. The van der Waals surface area contributed by atoms with Crippen LogP contribution in [0.4, 0.5) is 4.39 Å². The van der Waals surface area contributed by atoms with Gasteiger partial charge in [0, 0.05) is 29.7 Å². The molecule has 0 aliphatic carbocycles. The molecule has 1 aromatic heterocycles. The van der Waals surface area contributed by atoms with E-state index in [2.05, 4.69) is 22.2 Å². The smallest absolute Gasteiger partial charge is 0.189 e. The molecule has 0 saturated carbocycles. The van der Waals surface area contributed by atoms with Crippen LogP contribution in [0.3, 0.4) is 0 Å². The number of benzene rings is 1. The average Bonchev–Trinajstić information content (AvgIpc) is 2.49. The molecule has 2 aromatic rings. The van der Waals surface area contributed by atoms with Gasteiger partial charge in [0.25, 0.3) is 0 Å². The molecular formula is C16H22Cl2FN3O. The number of para-hydroxylation sites is 1. The fourth-order valence-electron chi connectivity index (χ4n) is 3.02.